The molecule has 0 heterocycles. The standard InChI is InChI=1S/C12H19BCl2NO2/c1-16(8-6-14,9-7-15)10-11-2-4-12(5-3-11)13(17)18/h2-5,17-18H,6-10H2,1H3/q+1. The summed E-state index contributed by atoms with van der Waals surface area (Å²) in [6, 6.07) is 7.28. The van der Waals surface area contributed by atoms with Gasteiger partial charge >= 0.3 is 7.12 Å². The highest BCUT2D eigenvalue weighted by molar-refractivity contribution is 6.58. The summed E-state index contributed by atoms with van der Waals surface area (Å²) in [4.78, 5) is 0. The summed E-state index contributed by atoms with van der Waals surface area (Å²) in [6.45, 7) is 2.55. The van der Waals surface area contributed by atoms with E-state index in [1.807, 2.05) is 12.1 Å². The van der Waals surface area contributed by atoms with E-state index in [1.165, 1.54) is 0 Å². The highest BCUT2D eigenvalue weighted by Gasteiger charge is 2.21. The third-order valence-corrected chi connectivity index (χ3v) is 3.43. The average molecular weight is 291 g/mol. The van der Waals surface area contributed by atoms with Gasteiger partial charge in [0, 0.05) is 5.56 Å². The summed E-state index contributed by atoms with van der Waals surface area (Å²) >= 11 is 11.7. The van der Waals surface area contributed by atoms with Gasteiger partial charge in [-0.3, -0.25) is 0 Å². The highest BCUT2D eigenvalue weighted by atomic mass is 35.5. The van der Waals surface area contributed by atoms with Gasteiger partial charge in [-0.1, -0.05) is 24.3 Å². The van der Waals surface area contributed by atoms with E-state index in [1.54, 1.807) is 12.1 Å². The van der Waals surface area contributed by atoms with Crippen LogP contribution in [0.25, 0.3) is 0 Å². The largest absolute Gasteiger partial charge is 0.488 e. The van der Waals surface area contributed by atoms with Gasteiger partial charge in [0.25, 0.3) is 0 Å². The summed E-state index contributed by atoms with van der Waals surface area (Å²) in [5.74, 6) is 1.20. The lowest BCUT2D eigenvalue weighted by molar-refractivity contribution is -0.918. The van der Waals surface area contributed by atoms with Crippen molar-refractivity contribution in [2.45, 2.75) is 6.54 Å². The SMILES string of the molecule is C[N+](CCCl)(CCCl)Cc1ccc(B(O)O)cc1. The van der Waals surface area contributed by atoms with Crippen LogP contribution < -0.4 is 5.46 Å². The molecule has 0 amide bonds. The van der Waals surface area contributed by atoms with Crippen molar-refractivity contribution in [3.05, 3.63) is 29.8 Å². The number of nitrogens with zero attached hydrogens (tertiary/aromatic N) is 1. The fraction of sp³-hybridized carbons (Fsp3) is 0.500. The van der Waals surface area contributed by atoms with Crippen LogP contribution in [-0.2, 0) is 6.54 Å². The lowest BCUT2D eigenvalue weighted by Crippen LogP contribution is -2.46. The molecule has 0 saturated carbocycles. The minimum absolute atomic E-state index is 0.502. The first-order chi connectivity index (χ1) is 8.50. The smallest absolute Gasteiger partial charge is 0.423 e. The highest BCUT2D eigenvalue weighted by Crippen LogP contribution is 2.12. The number of quaternary nitrogens is 1. The van der Waals surface area contributed by atoms with Crippen molar-refractivity contribution in [2.75, 3.05) is 31.9 Å². The van der Waals surface area contributed by atoms with E-state index in [9.17, 15) is 0 Å². The first kappa shape index (κ1) is 15.8. The molecule has 0 bridgehead atoms. The Hall–Kier alpha value is -0.255. The molecule has 0 radical (unpaired) electrons. The van der Waals surface area contributed by atoms with Crippen molar-refractivity contribution in [3.63, 3.8) is 0 Å². The Morgan fingerprint density at radius 2 is 1.56 bits per heavy atom. The van der Waals surface area contributed by atoms with Gasteiger partial charge in [-0.25, -0.2) is 0 Å². The molecule has 0 aliphatic carbocycles. The molecule has 0 unspecified atom stereocenters. The molecule has 1 aromatic rings. The molecule has 1 aromatic carbocycles. The Bertz CT molecular complexity index is 354. The van der Waals surface area contributed by atoms with E-state index in [0.29, 0.717) is 17.2 Å². The van der Waals surface area contributed by atoms with Crippen LogP contribution in [0.2, 0.25) is 0 Å². The van der Waals surface area contributed by atoms with Gasteiger partial charge in [0.2, 0.25) is 0 Å². The quantitative estimate of drug-likeness (QED) is 0.443. The molecule has 0 aliphatic rings. The lowest BCUT2D eigenvalue weighted by atomic mass is 9.80. The second kappa shape index (κ2) is 7.36. The normalized spacial score (nSPS) is 11.6. The minimum Gasteiger partial charge on any atom is -0.423 e. The van der Waals surface area contributed by atoms with Gasteiger partial charge < -0.3 is 14.5 Å². The molecule has 0 aliphatic heterocycles. The topological polar surface area (TPSA) is 40.5 Å². The van der Waals surface area contributed by atoms with Crippen LogP contribution in [0, 0.1) is 0 Å². The molecule has 0 fully saturated rings. The fourth-order valence-electron chi connectivity index (χ4n) is 1.91. The van der Waals surface area contributed by atoms with E-state index in [0.717, 1.165) is 29.7 Å². The monoisotopic (exact) mass is 290 g/mol. The number of benzene rings is 1. The van der Waals surface area contributed by atoms with Crippen molar-refractivity contribution >= 4 is 35.8 Å². The van der Waals surface area contributed by atoms with Crippen molar-refractivity contribution in [2.24, 2.45) is 0 Å². The van der Waals surface area contributed by atoms with Crippen molar-refractivity contribution in [1.29, 1.82) is 0 Å². The van der Waals surface area contributed by atoms with Crippen LogP contribution in [-0.4, -0.2) is 53.5 Å². The van der Waals surface area contributed by atoms with Crippen LogP contribution in [0.15, 0.2) is 24.3 Å². The van der Waals surface area contributed by atoms with E-state index < -0.39 is 7.12 Å². The van der Waals surface area contributed by atoms with Crippen LogP contribution in [0.4, 0.5) is 0 Å². The summed E-state index contributed by atoms with van der Waals surface area (Å²) in [6.07, 6.45) is 0. The molecule has 100 valence electrons. The van der Waals surface area contributed by atoms with Gasteiger partial charge in [-0.2, -0.15) is 0 Å². The van der Waals surface area contributed by atoms with Crippen LogP contribution in [0.1, 0.15) is 5.56 Å². The first-order valence-electron chi connectivity index (χ1n) is 5.91. The van der Waals surface area contributed by atoms with E-state index in [4.69, 9.17) is 33.2 Å². The third kappa shape index (κ3) is 4.79. The summed E-state index contributed by atoms with van der Waals surface area (Å²) in [5.41, 5.74) is 1.64. The summed E-state index contributed by atoms with van der Waals surface area (Å²) < 4.78 is 0.786. The molecule has 0 spiro atoms. The Morgan fingerprint density at radius 1 is 1.06 bits per heavy atom. The third-order valence-electron chi connectivity index (χ3n) is 3.09. The van der Waals surface area contributed by atoms with Crippen LogP contribution in [0.5, 0.6) is 0 Å². The van der Waals surface area contributed by atoms with Crippen molar-refractivity contribution in [3.8, 4) is 0 Å². The zero-order valence-corrected chi connectivity index (χ0v) is 12.0. The average Bonchev–Trinajstić information content (AvgIpc) is 2.30. The number of hydrogen-bond donors (Lipinski definition) is 2. The van der Waals surface area contributed by atoms with Crippen LogP contribution >= 0.6 is 23.2 Å². The van der Waals surface area contributed by atoms with Gasteiger partial charge in [-0.15, -0.1) is 23.2 Å². The molecule has 3 nitrogen and oxygen atoms in total. The van der Waals surface area contributed by atoms with Gasteiger partial charge in [0.05, 0.1) is 31.9 Å². The summed E-state index contributed by atoms with van der Waals surface area (Å²) in [7, 11) is 0.713. The van der Waals surface area contributed by atoms with Crippen molar-refractivity contribution < 1.29 is 14.5 Å². The molecule has 0 atom stereocenters. The Balaban J connectivity index is 2.74. The first-order valence-corrected chi connectivity index (χ1v) is 6.98. The number of halogens is 2. The van der Waals surface area contributed by atoms with E-state index in [2.05, 4.69) is 7.05 Å². The molecular formula is C12H19BCl2NO2+. The maximum atomic E-state index is 9.03. The zero-order valence-electron chi connectivity index (χ0n) is 10.5. The van der Waals surface area contributed by atoms with E-state index in [-0.39, 0.29) is 0 Å². The Morgan fingerprint density at radius 3 is 1.94 bits per heavy atom. The van der Waals surface area contributed by atoms with Crippen molar-refractivity contribution in [1.82, 2.24) is 0 Å². The van der Waals surface area contributed by atoms with Gasteiger partial charge in [-0.05, 0) is 5.46 Å². The molecule has 0 aromatic heterocycles. The lowest BCUT2D eigenvalue weighted by Gasteiger charge is -2.33. The Labute approximate surface area is 119 Å². The number of alkyl halides is 2. The summed E-state index contributed by atoms with van der Waals surface area (Å²) in [5, 5.41) is 18.1. The predicted octanol–water partition coefficient (Wildman–Crippen LogP) is 0.791. The Kier molecular flexibility index (Phi) is 6.46. The predicted molar refractivity (Wildman–Crippen MR) is 77.3 cm³/mol. The molecule has 18 heavy (non-hydrogen) atoms. The van der Waals surface area contributed by atoms with Gasteiger partial charge in [0.1, 0.15) is 6.54 Å². The molecule has 6 heteroatoms. The number of hydrogen-bond acceptors (Lipinski definition) is 2. The number of rotatable bonds is 7. The van der Waals surface area contributed by atoms with Crippen LogP contribution in [0.3, 0.4) is 0 Å². The minimum atomic E-state index is -1.41. The molecular weight excluding hydrogens is 272 g/mol. The second-order valence-electron chi connectivity index (χ2n) is 4.72. The fourth-order valence-corrected chi connectivity index (χ4v) is 2.73. The molecule has 1 rings (SSSR count). The van der Waals surface area contributed by atoms with E-state index >= 15 is 0 Å². The van der Waals surface area contributed by atoms with Gasteiger partial charge in [0.15, 0.2) is 0 Å². The molecule has 2 N–H and O–H groups in total. The maximum Gasteiger partial charge on any atom is 0.488 e. The second-order valence-corrected chi connectivity index (χ2v) is 5.47. The maximum absolute atomic E-state index is 9.03. The zero-order chi connectivity index (χ0) is 13.6. The molecule has 0 saturated heterocycles.